The molecule has 1 aliphatic heterocycles. The third kappa shape index (κ3) is 4.40. The van der Waals surface area contributed by atoms with Crippen LogP contribution < -0.4 is 5.32 Å². The van der Waals surface area contributed by atoms with E-state index in [-0.39, 0.29) is 4.90 Å². The van der Waals surface area contributed by atoms with Gasteiger partial charge in [-0.1, -0.05) is 6.07 Å². The third-order valence-electron chi connectivity index (χ3n) is 5.17. The van der Waals surface area contributed by atoms with E-state index < -0.39 is 21.9 Å². The van der Waals surface area contributed by atoms with Crippen LogP contribution in [0.5, 0.6) is 0 Å². The quantitative estimate of drug-likeness (QED) is 0.644. The van der Waals surface area contributed by atoms with Crippen LogP contribution in [0.1, 0.15) is 41.5 Å². The summed E-state index contributed by atoms with van der Waals surface area (Å²) in [5.41, 5.74) is 2.55. The molecule has 1 atom stereocenters. The standard InChI is InChI=1S/C21H23FN6O2S/c1-13-6-7-16(10-17(13)22)31(29,30)28-8-4-5-19(28)18-11-23-12-20(26-18)27-21-24-14(2)9-15(3)25-21/h6-7,9-12,19H,4-5,8H2,1-3H3,(H,24,25,26,27)/t19-/m0/s1. The van der Waals surface area contributed by atoms with Crippen LogP contribution in [0, 0.1) is 26.6 Å². The summed E-state index contributed by atoms with van der Waals surface area (Å²) in [7, 11) is -3.88. The summed E-state index contributed by atoms with van der Waals surface area (Å²) in [6.07, 6.45) is 4.37. The minimum atomic E-state index is -3.88. The van der Waals surface area contributed by atoms with Crippen LogP contribution in [0.25, 0.3) is 0 Å². The Hall–Kier alpha value is -2.98. The molecule has 1 saturated heterocycles. The molecule has 3 heterocycles. The predicted molar refractivity (Wildman–Crippen MR) is 114 cm³/mol. The average molecular weight is 443 g/mol. The number of rotatable bonds is 5. The number of aromatic nitrogens is 4. The lowest BCUT2D eigenvalue weighted by molar-refractivity contribution is 0.389. The Morgan fingerprint density at radius 1 is 1.06 bits per heavy atom. The van der Waals surface area contributed by atoms with Crippen molar-refractivity contribution in [2.24, 2.45) is 0 Å². The van der Waals surface area contributed by atoms with Crippen molar-refractivity contribution in [2.75, 3.05) is 11.9 Å². The first-order chi connectivity index (χ1) is 14.7. The Labute approximate surface area is 180 Å². The first-order valence-corrected chi connectivity index (χ1v) is 11.4. The fraction of sp³-hybridized carbons (Fsp3) is 0.333. The molecule has 0 amide bonds. The van der Waals surface area contributed by atoms with Crippen molar-refractivity contribution in [1.29, 1.82) is 0 Å². The molecule has 0 radical (unpaired) electrons. The highest BCUT2D eigenvalue weighted by Crippen LogP contribution is 2.36. The van der Waals surface area contributed by atoms with E-state index in [9.17, 15) is 12.8 Å². The fourth-order valence-electron chi connectivity index (χ4n) is 3.69. The molecular formula is C21H23FN6O2S. The monoisotopic (exact) mass is 442 g/mol. The zero-order valence-electron chi connectivity index (χ0n) is 17.5. The molecule has 0 spiro atoms. The maximum Gasteiger partial charge on any atom is 0.243 e. The number of anilines is 2. The van der Waals surface area contributed by atoms with Gasteiger partial charge in [-0.3, -0.25) is 4.98 Å². The highest BCUT2D eigenvalue weighted by atomic mass is 32.2. The molecule has 162 valence electrons. The highest BCUT2D eigenvalue weighted by molar-refractivity contribution is 7.89. The summed E-state index contributed by atoms with van der Waals surface area (Å²) < 4.78 is 41.8. The van der Waals surface area contributed by atoms with E-state index in [0.717, 1.165) is 17.5 Å². The largest absolute Gasteiger partial charge is 0.307 e. The van der Waals surface area contributed by atoms with E-state index in [1.165, 1.54) is 22.6 Å². The molecule has 0 unspecified atom stereocenters. The molecule has 0 bridgehead atoms. The third-order valence-corrected chi connectivity index (χ3v) is 7.07. The first kappa shape index (κ1) is 21.3. The average Bonchev–Trinajstić information content (AvgIpc) is 3.20. The van der Waals surface area contributed by atoms with E-state index >= 15 is 0 Å². The first-order valence-electron chi connectivity index (χ1n) is 9.93. The summed E-state index contributed by atoms with van der Waals surface area (Å²) in [6.45, 7) is 5.67. The molecule has 8 nitrogen and oxygen atoms in total. The van der Waals surface area contributed by atoms with E-state index in [1.807, 2.05) is 19.9 Å². The second-order valence-corrected chi connectivity index (χ2v) is 9.50. The van der Waals surface area contributed by atoms with Crippen LogP contribution in [0.3, 0.4) is 0 Å². The van der Waals surface area contributed by atoms with Crippen LogP contribution in [-0.4, -0.2) is 39.2 Å². The van der Waals surface area contributed by atoms with E-state index in [0.29, 0.717) is 42.4 Å². The number of hydrogen-bond donors (Lipinski definition) is 1. The normalized spacial score (nSPS) is 17.1. The van der Waals surface area contributed by atoms with E-state index in [4.69, 9.17) is 0 Å². The molecule has 1 aliphatic rings. The molecular weight excluding hydrogens is 419 g/mol. The Morgan fingerprint density at radius 2 is 1.81 bits per heavy atom. The van der Waals surface area contributed by atoms with Gasteiger partial charge in [-0.15, -0.1) is 0 Å². The summed E-state index contributed by atoms with van der Waals surface area (Å²) in [5, 5.41) is 3.03. The number of halogens is 1. The number of hydrogen-bond acceptors (Lipinski definition) is 7. The van der Waals surface area contributed by atoms with Crippen molar-refractivity contribution in [1.82, 2.24) is 24.2 Å². The second kappa shape index (κ2) is 8.27. The Balaban J connectivity index is 1.63. The van der Waals surface area contributed by atoms with Crippen LogP contribution in [0.4, 0.5) is 16.2 Å². The molecule has 1 N–H and O–H groups in total. The zero-order valence-corrected chi connectivity index (χ0v) is 18.3. The smallest absolute Gasteiger partial charge is 0.243 e. The minimum Gasteiger partial charge on any atom is -0.307 e. The van der Waals surface area contributed by atoms with Crippen LogP contribution in [0.2, 0.25) is 0 Å². The Bertz CT molecular complexity index is 1210. The highest BCUT2D eigenvalue weighted by Gasteiger charge is 2.37. The van der Waals surface area contributed by atoms with Gasteiger partial charge in [-0.25, -0.2) is 27.8 Å². The van der Waals surface area contributed by atoms with Gasteiger partial charge in [-0.05, 0) is 57.4 Å². The molecule has 3 aromatic rings. The summed E-state index contributed by atoms with van der Waals surface area (Å²) in [4.78, 5) is 17.4. The van der Waals surface area contributed by atoms with Gasteiger partial charge in [0.1, 0.15) is 5.82 Å². The predicted octanol–water partition coefficient (Wildman–Crippen LogP) is 3.60. The lowest BCUT2D eigenvalue weighted by Gasteiger charge is -2.24. The van der Waals surface area contributed by atoms with Crippen molar-refractivity contribution in [3.63, 3.8) is 0 Å². The maximum atomic E-state index is 14.0. The van der Waals surface area contributed by atoms with E-state index in [1.54, 1.807) is 13.1 Å². The van der Waals surface area contributed by atoms with Gasteiger partial charge in [0.15, 0.2) is 5.82 Å². The molecule has 31 heavy (non-hydrogen) atoms. The lowest BCUT2D eigenvalue weighted by Crippen LogP contribution is -2.31. The second-order valence-electron chi connectivity index (χ2n) is 7.61. The van der Waals surface area contributed by atoms with Crippen molar-refractivity contribution in [3.8, 4) is 0 Å². The van der Waals surface area contributed by atoms with Crippen LogP contribution in [0.15, 0.2) is 41.6 Å². The lowest BCUT2D eigenvalue weighted by atomic mass is 10.2. The fourth-order valence-corrected chi connectivity index (χ4v) is 5.37. The van der Waals surface area contributed by atoms with Gasteiger partial charge in [0.2, 0.25) is 16.0 Å². The van der Waals surface area contributed by atoms with Crippen molar-refractivity contribution < 1.29 is 12.8 Å². The van der Waals surface area contributed by atoms with Crippen LogP contribution >= 0.6 is 0 Å². The summed E-state index contributed by atoms with van der Waals surface area (Å²) in [6, 6.07) is 5.36. The van der Waals surface area contributed by atoms with Crippen molar-refractivity contribution in [3.05, 3.63) is 65.1 Å². The van der Waals surface area contributed by atoms with E-state index in [2.05, 4.69) is 25.3 Å². The van der Waals surface area contributed by atoms with Crippen molar-refractivity contribution in [2.45, 2.75) is 44.6 Å². The molecule has 2 aromatic heterocycles. The van der Waals surface area contributed by atoms with Gasteiger partial charge < -0.3 is 5.32 Å². The number of nitrogens with one attached hydrogen (secondary N) is 1. The molecule has 0 saturated carbocycles. The maximum absolute atomic E-state index is 14.0. The van der Waals surface area contributed by atoms with Gasteiger partial charge >= 0.3 is 0 Å². The summed E-state index contributed by atoms with van der Waals surface area (Å²) >= 11 is 0. The minimum absolute atomic E-state index is 0.0617. The molecule has 4 rings (SSSR count). The molecule has 10 heteroatoms. The van der Waals surface area contributed by atoms with Crippen LogP contribution in [-0.2, 0) is 10.0 Å². The van der Waals surface area contributed by atoms with Gasteiger partial charge in [0.25, 0.3) is 0 Å². The Kier molecular flexibility index (Phi) is 5.67. The van der Waals surface area contributed by atoms with Crippen molar-refractivity contribution >= 4 is 21.8 Å². The van der Waals surface area contributed by atoms with Gasteiger partial charge in [0.05, 0.1) is 29.0 Å². The summed E-state index contributed by atoms with van der Waals surface area (Å²) in [5.74, 6) is 0.277. The topological polar surface area (TPSA) is 101 Å². The number of sulfonamides is 1. The number of nitrogens with zero attached hydrogens (tertiary/aromatic N) is 5. The Morgan fingerprint density at radius 3 is 2.52 bits per heavy atom. The zero-order chi connectivity index (χ0) is 22.2. The van der Waals surface area contributed by atoms with Gasteiger partial charge in [-0.2, -0.15) is 4.31 Å². The SMILES string of the molecule is Cc1cc(C)nc(Nc2cncc([C@@H]3CCCN3S(=O)(=O)c3ccc(C)c(F)c3)n2)n1. The number of benzene rings is 1. The molecule has 1 aromatic carbocycles. The molecule has 0 aliphatic carbocycles. The number of aryl methyl sites for hydroxylation is 3. The van der Waals surface area contributed by atoms with Gasteiger partial charge in [0, 0.05) is 17.9 Å². The molecule has 1 fully saturated rings.